The molecule has 1 saturated heterocycles. The van der Waals surface area contributed by atoms with Crippen LogP contribution >= 0.6 is 0 Å². The quantitative estimate of drug-likeness (QED) is 0.836. The average molecular weight is 303 g/mol. The predicted molar refractivity (Wildman–Crippen MR) is 80.9 cm³/mol. The van der Waals surface area contributed by atoms with Gasteiger partial charge in [0.05, 0.1) is 13.2 Å². The van der Waals surface area contributed by atoms with Crippen molar-refractivity contribution in [3.8, 4) is 0 Å². The number of hydrogen-bond donors (Lipinski definition) is 1. The summed E-state index contributed by atoms with van der Waals surface area (Å²) in [6.45, 7) is 3.04. The first kappa shape index (κ1) is 15.0. The molecule has 2 aliphatic heterocycles. The molecule has 2 amide bonds. The highest BCUT2D eigenvalue weighted by Gasteiger charge is 2.32. The molecule has 1 atom stereocenters. The van der Waals surface area contributed by atoms with E-state index in [0.29, 0.717) is 32.8 Å². The zero-order valence-electron chi connectivity index (χ0n) is 12.5. The molecule has 1 aromatic carbocycles. The van der Waals surface area contributed by atoms with E-state index in [-0.39, 0.29) is 18.4 Å². The number of morpholine rings is 1. The van der Waals surface area contributed by atoms with Crippen LogP contribution in [0.3, 0.4) is 0 Å². The third-order valence-electron chi connectivity index (χ3n) is 4.25. The zero-order valence-corrected chi connectivity index (χ0v) is 12.5. The largest absolute Gasteiger partial charge is 0.369 e. The van der Waals surface area contributed by atoms with Crippen LogP contribution in [0.15, 0.2) is 24.3 Å². The van der Waals surface area contributed by atoms with Crippen molar-refractivity contribution in [2.45, 2.75) is 19.1 Å². The van der Waals surface area contributed by atoms with E-state index >= 15 is 0 Å². The highest BCUT2D eigenvalue weighted by molar-refractivity contribution is 5.82. The molecular formula is C16H21N3O3. The number of primary amides is 1. The van der Waals surface area contributed by atoms with Crippen LogP contribution in [0.1, 0.15) is 11.1 Å². The van der Waals surface area contributed by atoms with Gasteiger partial charge < -0.3 is 15.4 Å². The summed E-state index contributed by atoms with van der Waals surface area (Å²) >= 11 is 0. The molecule has 1 unspecified atom stereocenters. The van der Waals surface area contributed by atoms with Crippen molar-refractivity contribution in [2.75, 3.05) is 32.8 Å². The number of rotatable bonds is 3. The van der Waals surface area contributed by atoms with Gasteiger partial charge in [-0.2, -0.15) is 0 Å². The first-order valence-corrected chi connectivity index (χ1v) is 7.61. The molecule has 118 valence electrons. The fourth-order valence-corrected chi connectivity index (χ4v) is 3.10. The lowest BCUT2D eigenvalue weighted by molar-refractivity contribution is -0.151. The standard InChI is InChI=1S/C16H21N3O3/c17-15(20)11-18-7-8-22-14(10-18)16(21)19-6-5-12-3-1-2-4-13(12)9-19/h1-4,14H,5-11H2,(H2,17,20). The molecular weight excluding hydrogens is 282 g/mol. The van der Waals surface area contributed by atoms with E-state index in [2.05, 4.69) is 12.1 Å². The third-order valence-corrected chi connectivity index (χ3v) is 4.25. The second-order valence-electron chi connectivity index (χ2n) is 5.84. The summed E-state index contributed by atoms with van der Waals surface area (Å²) in [5.41, 5.74) is 7.74. The predicted octanol–water partition coefficient (Wildman–Crippen LogP) is -0.243. The summed E-state index contributed by atoms with van der Waals surface area (Å²) in [6, 6.07) is 8.21. The summed E-state index contributed by atoms with van der Waals surface area (Å²) in [6.07, 6.45) is 0.373. The molecule has 22 heavy (non-hydrogen) atoms. The SMILES string of the molecule is NC(=O)CN1CCOC(C(=O)N2CCc3ccccc3C2)C1. The monoisotopic (exact) mass is 303 g/mol. The van der Waals surface area contributed by atoms with Crippen molar-refractivity contribution >= 4 is 11.8 Å². The Bertz CT molecular complexity index is 576. The van der Waals surface area contributed by atoms with Gasteiger partial charge in [0.2, 0.25) is 5.91 Å². The molecule has 0 aromatic heterocycles. The molecule has 3 rings (SSSR count). The lowest BCUT2D eigenvalue weighted by Crippen LogP contribution is -2.53. The summed E-state index contributed by atoms with van der Waals surface area (Å²) in [4.78, 5) is 27.4. The number of amides is 2. The van der Waals surface area contributed by atoms with Crippen molar-refractivity contribution in [3.63, 3.8) is 0 Å². The van der Waals surface area contributed by atoms with Crippen LogP contribution in [0, 0.1) is 0 Å². The highest BCUT2D eigenvalue weighted by atomic mass is 16.5. The molecule has 2 N–H and O–H groups in total. The Labute approximate surface area is 129 Å². The van der Waals surface area contributed by atoms with Gasteiger partial charge in [0.25, 0.3) is 5.91 Å². The number of ether oxygens (including phenoxy) is 1. The Morgan fingerprint density at radius 2 is 2.00 bits per heavy atom. The highest BCUT2D eigenvalue weighted by Crippen LogP contribution is 2.20. The van der Waals surface area contributed by atoms with Gasteiger partial charge >= 0.3 is 0 Å². The fraction of sp³-hybridized carbons (Fsp3) is 0.500. The maximum atomic E-state index is 12.7. The van der Waals surface area contributed by atoms with E-state index in [9.17, 15) is 9.59 Å². The zero-order chi connectivity index (χ0) is 15.5. The molecule has 0 radical (unpaired) electrons. The molecule has 1 aromatic rings. The van der Waals surface area contributed by atoms with Crippen LogP contribution in [0.5, 0.6) is 0 Å². The van der Waals surface area contributed by atoms with Gasteiger partial charge in [-0.1, -0.05) is 24.3 Å². The van der Waals surface area contributed by atoms with Crippen LogP contribution in [0.25, 0.3) is 0 Å². The Morgan fingerprint density at radius 3 is 2.77 bits per heavy atom. The minimum absolute atomic E-state index is 0.00340. The van der Waals surface area contributed by atoms with Crippen LogP contribution < -0.4 is 5.73 Å². The van der Waals surface area contributed by atoms with Crippen LogP contribution in [-0.2, 0) is 27.3 Å². The van der Waals surface area contributed by atoms with E-state index in [1.54, 1.807) is 0 Å². The Balaban J connectivity index is 1.63. The molecule has 0 saturated carbocycles. The smallest absolute Gasteiger partial charge is 0.253 e. The van der Waals surface area contributed by atoms with Gasteiger partial charge in [-0.25, -0.2) is 0 Å². The minimum atomic E-state index is -0.502. The number of nitrogens with two attached hydrogens (primary N) is 1. The Hall–Kier alpha value is -1.92. The third kappa shape index (κ3) is 3.28. The topological polar surface area (TPSA) is 75.9 Å². The first-order valence-electron chi connectivity index (χ1n) is 7.61. The molecule has 0 spiro atoms. The molecule has 1 fully saturated rings. The van der Waals surface area contributed by atoms with E-state index < -0.39 is 6.10 Å². The summed E-state index contributed by atoms with van der Waals surface area (Å²) in [5, 5.41) is 0. The summed E-state index contributed by atoms with van der Waals surface area (Å²) in [5.74, 6) is -0.372. The van der Waals surface area contributed by atoms with E-state index in [1.165, 1.54) is 11.1 Å². The first-order chi connectivity index (χ1) is 10.6. The Kier molecular flexibility index (Phi) is 4.40. The van der Waals surface area contributed by atoms with Crippen LogP contribution in [0.2, 0.25) is 0 Å². The number of hydrogen-bond acceptors (Lipinski definition) is 4. The lowest BCUT2D eigenvalue weighted by Gasteiger charge is -2.36. The second kappa shape index (κ2) is 6.46. The fourth-order valence-electron chi connectivity index (χ4n) is 3.10. The molecule has 2 aliphatic rings. The lowest BCUT2D eigenvalue weighted by atomic mass is 9.99. The maximum Gasteiger partial charge on any atom is 0.253 e. The van der Waals surface area contributed by atoms with Gasteiger partial charge in [0, 0.05) is 26.2 Å². The number of nitrogens with zero attached hydrogens (tertiary/aromatic N) is 2. The molecule has 6 heteroatoms. The van der Waals surface area contributed by atoms with Crippen molar-refractivity contribution in [1.82, 2.24) is 9.80 Å². The molecule has 0 aliphatic carbocycles. The number of carbonyl (C=O) groups excluding carboxylic acids is 2. The van der Waals surface area contributed by atoms with Crippen LogP contribution in [0.4, 0.5) is 0 Å². The summed E-state index contributed by atoms with van der Waals surface area (Å²) in [7, 11) is 0. The maximum absolute atomic E-state index is 12.7. The van der Waals surface area contributed by atoms with Gasteiger partial charge in [-0.15, -0.1) is 0 Å². The van der Waals surface area contributed by atoms with Gasteiger partial charge in [-0.3, -0.25) is 14.5 Å². The molecule has 2 heterocycles. The van der Waals surface area contributed by atoms with E-state index in [1.807, 2.05) is 21.9 Å². The average Bonchev–Trinajstić information content (AvgIpc) is 2.53. The van der Waals surface area contributed by atoms with Gasteiger partial charge in [0.1, 0.15) is 6.10 Å². The van der Waals surface area contributed by atoms with Crippen LogP contribution in [-0.4, -0.2) is 60.5 Å². The van der Waals surface area contributed by atoms with Gasteiger partial charge in [0.15, 0.2) is 0 Å². The Morgan fingerprint density at radius 1 is 1.23 bits per heavy atom. The van der Waals surface area contributed by atoms with Crippen molar-refractivity contribution < 1.29 is 14.3 Å². The van der Waals surface area contributed by atoms with Crippen molar-refractivity contribution in [3.05, 3.63) is 35.4 Å². The second-order valence-corrected chi connectivity index (χ2v) is 5.84. The van der Waals surface area contributed by atoms with Gasteiger partial charge in [-0.05, 0) is 17.5 Å². The number of carbonyl (C=O) groups is 2. The normalized spacial score (nSPS) is 22.2. The number of fused-ring (bicyclic) bond motifs is 1. The molecule has 0 bridgehead atoms. The van der Waals surface area contributed by atoms with Crippen molar-refractivity contribution in [1.29, 1.82) is 0 Å². The van der Waals surface area contributed by atoms with E-state index in [4.69, 9.17) is 10.5 Å². The number of benzene rings is 1. The van der Waals surface area contributed by atoms with Crippen molar-refractivity contribution in [2.24, 2.45) is 5.73 Å². The molecule has 6 nitrogen and oxygen atoms in total. The van der Waals surface area contributed by atoms with E-state index in [0.717, 1.165) is 6.42 Å². The summed E-state index contributed by atoms with van der Waals surface area (Å²) < 4.78 is 5.61. The minimum Gasteiger partial charge on any atom is -0.369 e.